The van der Waals surface area contributed by atoms with Crippen molar-refractivity contribution >= 4 is 11.6 Å². The second-order valence-corrected chi connectivity index (χ2v) is 9.18. The molecule has 3 heterocycles. The van der Waals surface area contributed by atoms with Crippen LogP contribution in [-0.4, -0.2) is 61.2 Å². The molecule has 0 saturated carbocycles. The van der Waals surface area contributed by atoms with E-state index in [1.54, 1.807) is 0 Å². The number of halogens is 1. The van der Waals surface area contributed by atoms with E-state index in [1.165, 1.54) is 5.56 Å². The Bertz CT molecular complexity index is 942. The zero-order valence-corrected chi connectivity index (χ0v) is 18.5. The van der Waals surface area contributed by atoms with Crippen LogP contribution >= 0.6 is 11.6 Å². The second-order valence-electron chi connectivity index (χ2n) is 8.74. The lowest BCUT2D eigenvalue weighted by atomic mass is 10.0. The number of aromatic nitrogens is 5. The topological polar surface area (TPSA) is 63.0 Å². The first kappa shape index (κ1) is 20.9. The summed E-state index contributed by atoms with van der Waals surface area (Å²) >= 11 is 6.16. The molecule has 8 heteroatoms. The van der Waals surface area contributed by atoms with Crippen molar-refractivity contribution in [2.24, 2.45) is 0 Å². The van der Waals surface area contributed by atoms with Gasteiger partial charge in [-0.1, -0.05) is 23.7 Å². The molecule has 1 aromatic carbocycles. The normalized spacial score (nSPS) is 17.2. The minimum absolute atomic E-state index is 0.0143. The molecule has 1 fully saturated rings. The Kier molecular flexibility index (Phi) is 6.13. The van der Waals surface area contributed by atoms with Gasteiger partial charge in [-0.25, -0.2) is 4.68 Å². The summed E-state index contributed by atoms with van der Waals surface area (Å²) in [6, 6.07) is 12.2. The monoisotopic (exact) mass is 425 g/mol. The number of rotatable bonds is 5. The Labute approximate surface area is 182 Å². The largest absolute Gasteiger partial charge is 0.297 e. The summed E-state index contributed by atoms with van der Waals surface area (Å²) in [5.74, 6) is 0.868. The van der Waals surface area contributed by atoms with Gasteiger partial charge < -0.3 is 0 Å². The zero-order valence-electron chi connectivity index (χ0n) is 17.7. The molecule has 1 aliphatic rings. The third kappa shape index (κ3) is 4.69. The lowest BCUT2D eigenvalue weighted by Gasteiger charge is -2.39. The molecule has 0 N–H and O–H groups in total. The molecule has 30 heavy (non-hydrogen) atoms. The van der Waals surface area contributed by atoms with Gasteiger partial charge in [0, 0.05) is 50.1 Å². The van der Waals surface area contributed by atoms with E-state index in [9.17, 15) is 0 Å². The van der Waals surface area contributed by atoms with Gasteiger partial charge in [0.15, 0.2) is 5.82 Å². The van der Waals surface area contributed by atoms with Crippen LogP contribution in [0.4, 0.5) is 0 Å². The average molecular weight is 426 g/mol. The molecule has 0 bridgehead atoms. The van der Waals surface area contributed by atoms with E-state index in [2.05, 4.69) is 75.3 Å². The van der Waals surface area contributed by atoms with E-state index < -0.39 is 0 Å². The van der Waals surface area contributed by atoms with Crippen LogP contribution in [0.3, 0.4) is 0 Å². The smallest absolute Gasteiger partial charge is 0.173 e. The van der Waals surface area contributed by atoms with Crippen LogP contribution in [0.25, 0.3) is 0 Å². The van der Waals surface area contributed by atoms with Crippen molar-refractivity contribution in [1.29, 1.82) is 0 Å². The molecule has 0 spiro atoms. The lowest BCUT2D eigenvalue weighted by Crippen LogP contribution is -2.48. The van der Waals surface area contributed by atoms with Crippen LogP contribution in [0.15, 0.2) is 48.8 Å². The van der Waals surface area contributed by atoms with Crippen LogP contribution in [0.1, 0.15) is 43.8 Å². The summed E-state index contributed by atoms with van der Waals surface area (Å²) in [7, 11) is 0. The average Bonchev–Trinajstić information content (AvgIpc) is 3.22. The third-order valence-electron chi connectivity index (χ3n) is 5.49. The first-order valence-corrected chi connectivity index (χ1v) is 10.7. The molecule has 3 aromatic rings. The SMILES string of the molecule is CC(C)(C)n1nnnc1[C@@H](c1ccc(Cl)cc1)N1CCN(Cc2ccncc2)CC1. The van der Waals surface area contributed by atoms with Crippen LogP contribution in [0.5, 0.6) is 0 Å². The Morgan fingerprint density at radius 2 is 1.63 bits per heavy atom. The maximum absolute atomic E-state index is 6.16. The minimum atomic E-state index is -0.202. The number of hydrogen-bond donors (Lipinski definition) is 0. The van der Waals surface area contributed by atoms with E-state index in [0.717, 1.165) is 49.1 Å². The Morgan fingerprint density at radius 3 is 2.27 bits per heavy atom. The summed E-state index contributed by atoms with van der Waals surface area (Å²) in [5, 5.41) is 13.5. The first-order valence-electron chi connectivity index (χ1n) is 10.3. The number of pyridine rings is 1. The van der Waals surface area contributed by atoms with Gasteiger partial charge in [0.2, 0.25) is 0 Å². The second kappa shape index (κ2) is 8.79. The van der Waals surface area contributed by atoms with Crippen molar-refractivity contribution in [2.45, 2.75) is 38.9 Å². The number of nitrogens with zero attached hydrogens (tertiary/aromatic N) is 7. The van der Waals surface area contributed by atoms with Crippen molar-refractivity contribution in [1.82, 2.24) is 35.0 Å². The van der Waals surface area contributed by atoms with Gasteiger partial charge in [0.05, 0.1) is 11.6 Å². The van der Waals surface area contributed by atoms with Gasteiger partial charge in [0.1, 0.15) is 0 Å². The quantitative estimate of drug-likeness (QED) is 0.624. The highest BCUT2D eigenvalue weighted by Gasteiger charge is 2.33. The van der Waals surface area contributed by atoms with Gasteiger partial charge in [-0.15, -0.1) is 5.10 Å². The molecule has 158 valence electrons. The van der Waals surface area contributed by atoms with Crippen LogP contribution < -0.4 is 0 Å². The molecule has 0 amide bonds. The molecule has 0 radical (unpaired) electrons. The number of hydrogen-bond acceptors (Lipinski definition) is 6. The van der Waals surface area contributed by atoms with E-state index in [-0.39, 0.29) is 11.6 Å². The molecular weight excluding hydrogens is 398 g/mol. The van der Waals surface area contributed by atoms with Gasteiger partial charge >= 0.3 is 0 Å². The fraction of sp³-hybridized carbons (Fsp3) is 0.455. The van der Waals surface area contributed by atoms with Gasteiger partial charge in [0.25, 0.3) is 0 Å². The fourth-order valence-corrected chi connectivity index (χ4v) is 4.06. The van der Waals surface area contributed by atoms with Crippen LogP contribution in [0.2, 0.25) is 5.02 Å². The first-order chi connectivity index (χ1) is 14.4. The maximum atomic E-state index is 6.16. The highest BCUT2D eigenvalue weighted by molar-refractivity contribution is 6.30. The molecular formula is C22H28ClN7. The van der Waals surface area contributed by atoms with Gasteiger partial charge in [-0.3, -0.25) is 14.8 Å². The predicted octanol–water partition coefficient (Wildman–Crippen LogP) is 3.38. The predicted molar refractivity (Wildman–Crippen MR) is 117 cm³/mol. The summed E-state index contributed by atoms with van der Waals surface area (Å²) in [4.78, 5) is 9.07. The molecule has 0 unspecified atom stereocenters. The highest BCUT2D eigenvalue weighted by Crippen LogP contribution is 2.31. The van der Waals surface area contributed by atoms with Crippen molar-refractivity contribution in [3.63, 3.8) is 0 Å². The summed E-state index contributed by atoms with van der Waals surface area (Å²) in [6.45, 7) is 11.2. The van der Waals surface area contributed by atoms with E-state index in [4.69, 9.17) is 11.6 Å². The summed E-state index contributed by atoms with van der Waals surface area (Å²) < 4.78 is 1.94. The van der Waals surface area contributed by atoms with E-state index >= 15 is 0 Å². The maximum Gasteiger partial charge on any atom is 0.173 e. The van der Waals surface area contributed by atoms with Crippen molar-refractivity contribution in [3.05, 3.63) is 70.8 Å². The Balaban J connectivity index is 1.57. The molecule has 1 saturated heterocycles. The molecule has 7 nitrogen and oxygen atoms in total. The molecule has 0 aliphatic carbocycles. The lowest BCUT2D eigenvalue weighted by molar-refractivity contribution is 0.0979. The summed E-state index contributed by atoms with van der Waals surface area (Å²) in [6.07, 6.45) is 3.71. The number of tetrazole rings is 1. The molecule has 1 atom stereocenters. The molecule has 1 aliphatic heterocycles. The van der Waals surface area contributed by atoms with E-state index in [0.29, 0.717) is 0 Å². The molecule has 4 rings (SSSR count). The Morgan fingerprint density at radius 1 is 0.967 bits per heavy atom. The van der Waals surface area contributed by atoms with Crippen LogP contribution in [0, 0.1) is 0 Å². The van der Waals surface area contributed by atoms with E-state index in [1.807, 2.05) is 29.2 Å². The fourth-order valence-electron chi connectivity index (χ4n) is 3.94. The zero-order chi connectivity index (χ0) is 21.1. The van der Waals surface area contributed by atoms with Crippen molar-refractivity contribution in [3.8, 4) is 0 Å². The Hall–Kier alpha value is -2.35. The minimum Gasteiger partial charge on any atom is -0.297 e. The third-order valence-corrected chi connectivity index (χ3v) is 5.74. The molecule has 2 aromatic heterocycles. The van der Waals surface area contributed by atoms with Crippen molar-refractivity contribution in [2.75, 3.05) is 26.2 Å². The van der Waals surface area contributed by atoms with Gasteiger partial charge in [-0.2, -0.15) is 0 Å². The van der Waals surface area contributed by atoms with Crippen molar-refractivity contribution < 1.29 is 0 Å². The standard InChI is InChI=1S/C22H28ClN7/c1-22(2,3)30-21(25-26-27-30)20(18-4-6-19(23)7-5-18)29-14-12-28(13-15-29)16-17-8-10-24-11-9-17/h4-11,20H,12-16H2,1-3H3/t20-/m1/s1. The van der Waals surface area contributed by atoms with Gasteiger partial charge in [-0.05, 0) is 66.6 Å². The summed E-state index contributed by atoms with van der Waals surface area (Å²) in [5.41, 5.74) is 2.25. The highest BCUT2D eigenvalue weighted by atomic mass is 35.5. The van der Waals surface area contributed by atoms with Crippen LogP contribution in [-0.2, 0) is 12.1 Å². The number of piperazine rings is 1. The number of benzene rings is 1.